The molecule has 2 aromatic rings. The van der Waals surface area contributed by atoms with Gasteiger partial charge in [-0.1, -0.05) is 18.2 Å². The van der Waals surface area contributed by atoms with Crippen molar-refractivity contribution in [1.82, 2.24) is 10.3 Å². The normalized spacial score (nSPS) is 13.2. The van der Waals surface area contributed by atoms with E-state index in [0.717, 1.165) is 12.3 Å². The third-order valence-electron chi connectivity index (χ3n) is 3.11. The minimum Gasteiger partial charge on any atom is -0.304 e. The van der Waals surface area contributed by atoms with E-state index in [0.29, 0.717) is 11.3 Å². The summed E-state index contributed by atoms with van der Waals surface area (Å²) in [6.45, 7) is 2.04. The van der Waals surface area contributed by atoms with Crippen LogP contribution >= 0.6 is 0 Å². The fourth-order valence-corrected chi connectivity index (χ4v) is 1.89. The van der Waals surface area contributed by atoms with Crippen LogP contribution in [0.25, 0.3) is 0 Å². The summed E-state index contributed by atoms with van der Waals surface area (Å²) in [6.07, 6.45) is -3.59. The first-order valence-electron chi connectivity index (χ1n) is 6.38. The summed E-state index contributed by atoms with van der Waals surface area (Å²) in [5, 5.41) is 3.03. The van der Waals surface area contributed by atoms with Gasteiger partial charge in [0.25, 0.3) is 0 Å². The van der Waals surface area contributed by atoms with E-state index in [9.17, 15) is 17.6 Å². The molecule has 0 spiro atoms. The maximum Gasteiger partial charge on any atom is 0.417 e. The van der Waals surface area contributed by atoms with Crippen molar-refractivity contribution in [2.24, 2.45) is 0 Å². The summed E-state index contributed by atoms with van der Waals surface area (Å²) >= 11 is 0. The van der Waals surface area contributed by atoms with E-state index in [1.165, 1.54) is 12.1 Å². The number of benzene rings is 1. The molecule has 0 aliphatic heterocycles. The highest BCUT2D eigenvalue weighted by atomic mass is 19.4. The highest BCUT2D eigenvalue weighted by Gasteiger charge is 2.30. The van der Waals surface area contributed by atoms with E-state index in [1.54, 1.807) is 25.1 Å². The van der Waals surface area contributed by atoms with Crippen LogP contribution in [-0.4, -0.2) is 4.98 Å². The van der Waals surface area contributed by atoms with Crippen molar-refractivity contribution in [3.63, 3.8) is 0 Å². The Balaban J connectivity index is 1.99. The molecule has 1 N–H and O–H groups in total. The highest BCUT2D eigenvalue weighted by molar-refractivity contribution is 5.21. The van der Waals surface area contributed by atoms with Gasteiger partial charge in [0, 0.05) is 24.3 Å². The lowest BCUT2D eigenvalue weighted by molar-refractivity contribution is -0.137. The van der Waals surface area contributed by atoms with Crippen molar-refractivity contribution in [2.45, 2.75) is 25.7 Å². The fraction of sp³-hybridized carbons (Fsp3) is 0.267. The average molecular weight is 298 g/mol. The van der Waals surface area contributed by atoms with Crippen molar-refractivity contribution in [1.29, 1.82) is 0 Å². The first kappa shape index (κ1) is 15.4. The van der Waals surface area contributed by atoms with Gasteiger partial charge in [0.1, 0.15) is 5.82 Å². The minimum atomic E-state index is -4.39. The van der Waals surface area contributed by atoms with Crippen molar-refractivity contribution in [3.05, 3.63) is 65.2 Å². The lowest BCUT2D eigenvalue weighted by Crippen LogP contribution is -2.20. The number of aromatic nitrogens is 1. The average Bonchev–Trinajstić information content (AvgIpc) is 2.45. The molecule has 1 aromatic heterocycles. The third-order valence-corrected chi connectivity index (χ3v) is 3.11. The van der Waals surface area contributed by atoms with Gasteiger partial charge in [-0.25, -0.2) is 4.39 Å². The van der Waals surface area contributed by atoms with E-state index in [1.807, 2.05) is 0 Å². The van der Waals surface area contributed by atoms with Crippen LogP contribution in [0.15, 0.2) is 42.6 Å². The van der Waals surface area contributed by atoms with Gasteiger partial charge >= 0.3 is 6.18 Å². The molecule has 0 bridgehead atoms. The molecule has 0 fully saturated rings. The van der Waals surface area contributed by atoms with Crippen molar-refractivity contribution >= 4 is 0 Å². The summed E-state index contributed by atoms with van der Waals surface area (Å²) in [7, 11) is 0. The number of hydrogen-bond acceptors (Lipinski definition) is 2. The smallest absolute Gasteiger partial charge is 0.304 e. The summed E-state index contributed by atoms with van der Waals surface area (Å²) < 4.78 is 50.8. The van der Waals surface area contributed by atoms with Crippen LogP contribution in [0.1, 0.15) is 29.8 Å². The van der Waals surface area contributed by atoms with Gasteiger partial charge in [-0.2, -0.15) is 13.2 Å². The molecule has 0 saturated carbocycles. The molecular formula is C15H14F4N2. The van der Waals surface area contributed by atoms with Gasteiger partial charge in [-0.3, -0.25) is 4.98 Å². The van der Waals surface area contributed by atoms with Crippen LogP contribution in [0.3, 0.4) is 0 Å². The first-order chi connectivity index (χ1) is 9.88. The van der Waals surface area contributed by atoms with Gasteiger partial charge in [-0.15, -0.1) is 0 Å². The Bertz CT molecular complexity index is 593. The van der Waals surface area contributed by atoms with Gasteiger partial charge < -0.3 is 5.32 Å². The third kappa shape index (κ3) is 4.01. The second-order valence-corrected chi connectivity index (χ2v) is 4.66. The second kappa shape index (κ2) is 6.22. The molecule has 0 aliphatic carbocycles. The van der Waals surface area contributed by atoms with Crippen LogP contribution < -0.4 is 5.32 Å². The number of nitrogens with one attached hydrogen (secondary N) is 1. The molecule has 1 unspecified atom stereocenters. The number of rotatable bonds is 4. The van der Waals surface area contributed by atoms with Crippen molar-refractivity contribution in [3.8, 4) is 0 Å². The molecule has 21 heavy (non-hydrogen) atoms. The minimum absolute atomic E-state index is 0.258. The standard InChI is InChI=1S/C15H14F4N2/c1-10(13-4-2-3-5-14(13)16)20-9-12-7-6-11(8-21-12)15(17,18)19/h2-8,10,20H,9H2,1H3. The molecule has 0 amide bonds. The molecule has 112 valence electrons. The maximum atomic E-state index is 13.6. The van der Waals surface area contributed by atoms with Gasteiger partial charge in [0.05, 0.1) is 11.3 Å². The van der Waals surface area contributed by atoms with E-state index in [4.69, 9.17) is 0 Å². The quantitative estimate of drug-likeness (QED) is 0.860. The molecule has 0 aliphatic rings. The van der Waals surface area contributed by atoms with Crippen LogP contribution in [0.2, 0.25) is 0 Å². The lowest BCUT2D eigenvalue weighted by Gasteiger charge is -2.15. The Morgan fingerprint density at radius 1 is 1.14 bits per heavy atom. The molecule has 0 saturated heterocycles. The molecular weight excluding hydrogens is 284 g/mol. The Morgan fingerprint density at radius 3 is 2.43 bits per heavy atom. The predicted molar refractivity (Wildman–Crippen MR) is 70.9 cm³/mol. The number of alkyl halides is 3. The number of pyridine rings is 1. The van der Waals surface area contributed by atoms with Crippen LogP contribution in [0, 0.1) is 5.82 Å². The molecule has 6 heteroatoms. The number of halogens is 4. The molecule has 1 aromatic carbocycles. The van der Waals surface area contributed by atoms with E-state index in [-0.39, 0.29) is 18.4 Å². The summed E-state index contributed by atoms with van der Waals surface area (Å²) in [4.78, 5) is 3.76. The van der Waals surface area contributed by atoms with Gasteiger partial charge in [0.2, 0.25) is 0 Å². The van der Waals surface area contributed by atoms with Crippen LogP contribution in [-0.2, 0) is 12.7 Å². The Hall–Kier alpha value is -1.95. The van der Waals surface area contributed by atoms with Crippen molar-refractivity contribution in [2.75, 3.05) is 0 Å². The second-order valence-electron chi connectivity index (χ2n) is 4.66. The van der Waals surface area contributed by atoms with E-state index >= 15 is 0 Å². The Kier molecular flexibility index (Phi) is 4.57. The van der Waals surface area contributed by atoms with Crippen LogP contribution in [0.4, 0.5) is 17.6 Å². The Morgan fingerprint density at radius 2 is 1.86 bits per heavy atom. The molecule has 1 heterocycles. The Labute approximate surface area is 119 Å². The number of hydrogen-bond donors (Lipinski definition) is 1. The van der Waals surface area contributed by atoms with Gasteiger partial charge in [-0.05, 0) is 25.1 Å². The zero-order valence-electron chi connectivity index (χ0n) is 11.3. The topological polar surface area (TPSA) is 24.9 Å². The van der Waals surface area contributed by atoms with E-state index < -0.39 is 11.7 Å². The van der Waals surface area contributed by atoms with Crippen LogP contribution in [0.5, 0.6) is 0 Å². The lowest BCUT2D eigenvalue weighted by atomic mass is 10.1. The highest BCUT2D eigenvalue weighted by Crippen LogP contribution is 2.28. The van der Waals surface area contributed by atoms with Gasteiger partial charge in [0.15, 0.2) is 0 Å². The maximum absolute atomic E-state index is 13.6. The predicted octanol–water partition coefficient (Wildman–Crippen LogP) is 4.09. The molecule has 2 nitrogen and oxygen atoms in total. The van der Waals surface area contributed by atoms with E-state index in [2.05, 4.69) is 10.3 Å². The monoisotopic (exact) mass is 298 g/mol. The summed E-state index contributed by atoms with van der Waals surface area (Å²) in [5.74, 6) is -0.321. The largest absolute Gasteiger partial charge is 0.417 e. The molecule has 1 atom stereocenters. The summed E-state index contributed by atoms with van der Waals surface area (Å²) in [6, 6.07) is 8.38. The molecule has 2 rings (SSSR count). The zero-order chi connectivity index (χ0) is 15.5. The first-order valence-corrected chi connectivity index (χ1v) is 6.38. The number of nitrogens with zero attached hydrogens (tertiary/aromatic N) is 1. The van der Waals surface area contributed by atoms with Crippen molar-refractivity contribution < 1.29 is 17.6 Å². The summed E-state index contributed by atoms with van der Waals surface area (Å²) in [5.41, 5.74) is 0.184. The zero-order valence-corrected chi connectivity index (χ0v) is 11.3. The SMILES string of the molecule is CC(NCc1ccc(C(F)(F)F)cn1)c1ccccc1F. The molecule has 0 radical (unpaired) electrons. The fourth-order valence-electron chi connectivity index (χ4n) is 1.89.